The van der Waals surface area contributed by atoms with Crippen molar-refractivity contribution in [3.8, 4) is 0 Å². The van der Waals surface area contributed by atoms with E-state index in [1.807, 2.05) is 4.90 Å². The highest BCUT2D eigenvalue weighted by Gasteiger charge is 2.37. The summed E-state index contributed by atoms with van der Waals surface area (Å²) < 4.78 is 2.44. The fourth-order valence-electron chi connectivity index (χ4n) is 4.76. The number of rotatable bonds is 1. The van der Waals surface area contributed by atoms with E-state index in [-0.39, 0.29) is 11.9 Å². The van der Waals surface area contributed by atoms with Gasteiger partial charge in [0, 0.05) is 35.2 Å². The van der Waals surface area contributed by atoms with Crippen molar-refractivity contribution in [2.75, 3.05) is 6.54 Å². The number of benzene rings is 2. The highest BCUT2D eigenvalue weighted by molar-refractivity contribution is 6.42. The maximum absolute atomic E-state index is 13.3. The molecule has 0 bridgehead atoms. The van der Waals surface area contributed by atoms with Crippen LogP contribution in [0.1, 0.15) is 46.1 Å². The number of aromatic nitrogens is 1. The van der Waals surface area contributed by atoms with Crippen LogP contribution in [0.2, 0.25) is 10.0 Å². The smallest absolute Gasteiger partial charge is 0.254 e. The molecule has 0 radical (unpaired) electrons. The van der Waals surface area contributed by atoms with E-state index in [2.05, 4.69) is 29.7 Å². The van der Waals surface area contributed by atoms with Gasteiger partial charge in [-0.1, -0.05) is 34.8 Å². The summed E-state index contributed by atoms with van der Waals surface area (Å²) in [5, 5.41) is 2.26. The molecule has 1 aliphatic carbocycles. The Labute approximate surface area is 168 Å². The van der Waals surface area contributed by atoms with Crippen molar-refractivity contribution in [1.29, 1.82) is 0 Å². The SMILES string of the molecule is Cc1ccc2c(c1)c1c3n2CCN(C(=O)c2ccc(Cl)c(Cl)c2)[C@@H]3CCC1. The maximum atomic E-state index is 13.3. The predicted molar refractivity (Wildman–Crippen MR) is 110 cm³/mol. The minimum atomic E-state index is 0.0408. The Hall–Kier alpha value is -1.97. The fraction of sp³-hybridized carbons (Fsp3) is 0.318. The average Bonchev–Trinajstić information content (AvgIpc) is 2.99. The van der Waals surface area contributed by atoms with Gasteiger partial charge in [0.05, 0.1) is 16.1 Å². The van der Waals surface area contributed by atoms with Crippen molar-refractivity contribution in [1.82, 2.24) is 9.47 Å². The first kappa shape index (κ1) is 17.2. The molecule has 2 aromatic carbocycles. The minimum Gasteiger partial charge on any atom is -0.341 e. The molecule has 2 aliphatic rings. The molecule has 3 aromatic rings. The summed E-state index contributed by atoms with van der Waals surface area (Å²) >= 11 is 12.2. The van der Waals surface area contributed by atoms with Crippen molar-refractivity contribution >= 4 is 40.0 Å². The van der Waals surface area contributed by atoms with E-state index < -0.39 is 0 Å². The third-order valence-electron chi connectivity index (χ3n) is 5.96. The van der Waals surface area contributed by atoms with Gasteiger partial charge in [-0.3, -0.25) is 4.79 Å². The first-order valence-corrected chi connectivity index (χ1v) is 10.2. The van der Waals surface area contributed by atoms with Crippen molar-refractivity contribution in [3.63, 3.8) is 0 Å². The maximum Gasteiger partial charge on any atom is 0.254 e. The number of hydrogen-bond acceptors (Lipinski definition) is 1. The molecule has 27 heavy (non-hydrogen) atoms. The van der Waals surface area contributed by atoms with Crippen LogP contribution in [0.15, 0.2) is 36.4 Å². The molecule has 0 spiro atoms. The lowest BCUT2D eigenvalue weighted by atomic mass is 9.89. The van der Waals surface area contributed by atoms with Crippen LogP contribution < -0.4 is 0 Å². The van der Waals surface area contributed by atoms with Gasteiger partial charge in [0.2, 0.25) is 0 Å². The third-order valence-corrected chi connectivity index (χ3v) is 6.70. The molecule has 5 heteroatoms. The molecule has 0 saturated carbocycles. The lowest BCUT2D eigenvalue weighted by Gasteiger charge is -2.40. The molecule has 1 aromatic heterocycles. The summed E-state index contributed by atoms with van der Waals surface area (Å²) in [6.45, 7) is 3.69. The molecule has 1 aliphatic heterocycles. The van der Waals surface area contributed by atoms with Crippen LogP contribution in [-0.2, 0) is 13.0 Å². The lowest BCUT2D eigenvalue weighted by molar-refractivity contribution is 0.0601. The third kappa shape index (κ3) is 2.60. The van der Waals surface area contributed by atoms with Crippen LogP contribution in [0, 0.1) is 6.92 Å². The van der Waals surface area contributed by atoms with Crippen molar-refractivity contribution < 1.29 is 4.79 Å². The standard InChI is InChI=1S/C22H20Cl2N2O/c1-13-5-8-19-16(11-13)15-3-2-4-20-21(15)25(19)9-10-26(20)22(27)14-6-7-17(23)18(24)12-14/h5-8,11-12,20H,2-4,9-10H2,1H3/t20-/m1/s1. The topological polar surface area (TPSA) is 25.2 Å². The number of fused-ring (bicyclic) bond motifs is 3. The molecule has 0 unspecified atom stereocenters. The molecule has 3 nitrogen and oxygen atoms in total. The zero-order valence-corrected chi connectivity index (χ0v) is 16.6. The van der Waals surface area contributed by atoms with E-state index in [0.717, 1.165) is 25.8 Å². The molecule has 0 fully saturated rings. The van der Waals surface area contributed by atoms with Crippen molar-refractivity contribution in [2.24, 2.45) is 0 Å². The molecular formula is C22H20Cl2N2O. The Kier molecular flexibility index (Phi) is 3.99. The Morgan fingerprint density at radius 1 is 1.07 bits per heavy atom. The number of halogens is 2. The van der Waals surface area contributed by atoms with Gasteiger partial charge in [-0.15, -0.1) is 0 Å². The molecule has 0 N–H and O–H groups in total. The Bertz CT molecular complexity index is 1090. The van der Waals surface area contributed by atoms with E-state index >= 15 is 0 Å². The average molecular weight is 399 g/mol. The molecule has 138 valence electrons. The highest BCUT2D eigenvalue weighted by Crippen LogP contribution is 2.43. The van der Waals surface area contributed by atoms with Crippen LogP contribution in [0.5, 0.6) is 0 Å². The number of carbonyl (C=O) groups is 1. The quantitative estimate of drug-likeness (QED) is 0.509. The lowest BCUT2D eigenvalue weighted by Crippen LogP contribution is -2.43. The first-order valence-electron chi connectivity index (χ1n) is 9.42. The van der Waals surface area contributed by atoms with E-state index in [4.69, 9.17) is 23.2 Å². The van der Waals surface area contributed by atoms with Gasteiger partial charge in [-0.05, 0) is 62.1 Å². The van der Waals surface area contributed by atoms with Gasteiger partial charge < -0.3 is 9.47 Å². The number of amides is 1. The largest absolute Gasteiger partial charge is 0.341 e. The van der Waals surface area contributed by atoms with Gasteiger partial charge in [0.15, 0.2) is 0 Å². The van der Waals surface area contributed by atoms with Crippen LogP contribution >= 0.6 is 23.2 Å². The van der Waals surface area contributed by atoms with Crippen LogP contribution in [-0.4, -0.2) is 21.9 Å². The van der Waals surface area contributed by atoms with E-state index in [1.54, 1.807) is 18.2 Å². The molecule has 5 rings (SSSR count). The predicted octanol–water partition coefficient (Wildman–Crippen LogP) is 5.79. The van der Waals surface area contributed by atoms with E-state index in [1.165, 1.54) is 27.7 Å². The van der Waals surface area contributed by atoms with Crippen LogP contribution in [0.3, 0.4) is 0 Å². The summed E-state index contributed by atoms with van der Waals surface area (Å²) in [6.07, 6.45) is 3.21. The Balaban J connectivity index is 1.60. The van der Waals surface area contributed by atoms with Gasteiger partial charge in [0.1, 0.15) is 0 Å². The normalized spacial score (nSPS) is 18.6. The Morgan fingerprint density at radius 3 is 2.74 bits per heavy atom. The monoisotopic (exact) mass is 398 g/mol. The van der Waals surface area contributed by atoms with Gasteiger partial charge in [-0.2, -0.15) is 0 Å². The number of aryl methyl sites for hydroxylation is 2. The zero-order valence-electron chi connectivity index (χ0n) is 15.1. The summed E-state index contributed by atoms with van der Waals surface area (Å²) in [7, 11) is 0. The number of nitrogens with zero attached hydrogens (tertiary/aromatic N) is 2. The fourth-order valence-corrected chi connectivity index (χ4v) is 5.05. The summed E-state index contributed by atoms with van der Waals surface area (Å²) in [6, 6.07) is 12.0. The summed E-state index contributed by atoms with van der Waals surface area (Å²) in [5.41, 5.74) is 5.96. The first-order chi connectivity index (χ1) is 13.0. The molecule has 1 atom stereocenters. The highest BCUT2D eigenvalue weighted by atomic mass is 35.5. The second kappa shape index (κ2) is 6.29. The Morgan fingerprint density at radius 2 is 1.93 bits per heavy atom. The molecule has 0 saturated heterocycles. The van der Waals surface area contributed by atoms with E-state index in [9.17, 15) is 4.79 Å². The second-order valence-electron chi connectivity index (χ2n) is 7.57. The van der Waals surface area contributed by atoms with Crippen molar-refractivity contribution in [2.45, 2.75) is 38.8 Å². The number of carbonyl (C=O) groups excluding carboxylic acids is 1. The van der Waals surface area contributed by atoms with E-state index in [0.29, 0.717) is 22.2 Å². The zero-order chi connectivity index (χ0) is 18.7. The number of hydrogen-bond donors (Lipinski definition) is 0. The van der Waals surface area contributed by atoms with Gasteiger partial charge >= 0.3 is 0 Å². The van der Waals surface area contributed by atoms with Gasteiger partial charge in [0.25, 0.3) is 5.91 Å². The van der Waals surface area contributed by atoms with Gasteiger partial charge in [-0.25, -0.2) is 0 Å². The summed E-state index contributed by atoms with van der Waals surface area (Å²) in [5.74, 6) is 0.0408. The molecule has 1 amide bonds. The summed E-state index contributed by atoms with van der Waals surface area (Å²) in [4.78, 5) is 15.3. The van der Waals surface area contributed by atoms with Crippen LogP contribution in [0.4, 0.5) is 0 Å². The molecular weight excluding hydrogens is 379 g/mol. The van der Waals surface area contributed by atoms with Crippen molar-refractivity contribution in [3.05, 3.63) is 68.8 Å². The second-order valence-corrected chi connectivity index (χ2v) is 8.39. The minimum absolute atomic E-state index is 0.0408. The van der Waals surface area contributed by atoms with Crippen LogP contribution in [0.25, 0.3) is 10.9 Å². The molecule has 2 heterocycles.